The highest BCUT2D eigenvalue weighted by Crippen LogP contribution is 2.20. The highest BCUT2D eigenvalue weighted by atomic mass is 19.1. The molecule has 0 spiro atoms. The lowest BCUT2D eigenvalue weighted by atomic mass is 10.1. The molecule has 0 N–H and O–H groups in total. The Balaban J connectivity index is 1.40. The molecule has 6 heteroatoms. The number of aromatic nitrogens is 1. The molecule has 0 bridgehead atoms. The second kappa shape index (κ2) is 7.56. The van der Waals surface area contributed by atoms with E-state index in [2.05, 4.69) is 9.80 Å². The first-order chi connectivity index (χ1) is 13.5. The van der Waals surface area contributed by atoms with E-state index < -0.39 is 0 Å². The van der Waals surface area contributed by atoms with Crippen LogP contribution in [0.15, 0.2) is 54.7 Å². The van der Waals surface area contributed by atoms with Crippen LogP contribution in [0.3, 0.4) is 0 Å². The molecule has 2 heterocycles. The molecule has 1 aromatic heterocycles. The number of carbonyl (C=O) groups is 2. The van der Waals surface area contributed by atoms with Gasteiger partial charge in [0.1, 0.15) is 5.82 Å². The lowest BCUT2D eigenvalue weighted by molar-refractivity contribution is 0.0921. The van der Waals surface area contributed by atoms with Crippen LogP contribution < -0.4 is 4.90 Å². The zero-order chi connectivity index (χ0) is 19.7. The highest BCUT2D eigenvalue weighted by Gasteiger charge is 2.20. The van der Waals surface area contributed by atoms with E-state index >= 15 is 0 Å². The van der Waals surface area contributed by atoms with Gasteiger partial charge in [-0.25, -0.2) is 4.39 Å². The number of Topliss-reactive ketones (excluding diaryl/α,β-unsaturated/α-hetero) is 1. The van der Waals surface area contributed by atoms with E-state index in [9.17, 15) is 14.0 Å². The Morgan fingerprint density at radius 3 is 2.36 bits per heavy atom. The molecule has 4 rings (SSSR count). The predicted octanol–water partition coefficient (Wildman–Crippen LogP) is 3.45. The molecule has 1 aliphatic rings. The largest absolute Gasteiger partial charge is 0.369 e. The van der Waals surface area contributed by atoms with Crippen LogP contribution in [-0.2, 0) is 0 Å². The van der Waals surface area contributed by atoms with Crippen LogP contribution in [0.4, 0.5) is 10.1 Å². The van der Waals surface area contributed by atoms with Gasteiger partial charge in [0.15, 0.2) is 5.78 Å². The van der Waals surface area contributed by atoms with Crippen molar-refractivity contribution in [3.8, 4) is 0 Å². The molecule has 5 nitrogen and oxygen atoms in total. The number of nitrogens with zero attached hydrogens (tertiary/aromatic N) is 3. The fourth-order valence-corrected chi connectivity index (χ4v) is 3.69. The zero-order valence-corrected chi connectivity index (χ0v) is 15.8. The summed E-state index contributed by atoms with van der Waals surface area (Å²) in [6.45, 7) is 5.00. The average molecular weight is 379 g/mol. The summed E-state index contributed by atoms with van der Waals surface area (Å²) in [6.07, 6.45) is 1.73. The quantitative estimate of drug-likeness (QED) is 0.652. The van der Waals surface area contributed by atoms with Crippen molar-refractivity contribution in [1.29, 1.82) is 0 Å². The third kappa shape index (κ3) is 3.68. The minimum Gasteiger partial charge on any atom is -0.369 e. The van der Waals surface area contributed by atoms with Gasteiger partial charge in [0.05, 0.1) is 12.1 Å². The van der Waals surface area contributed by atoms with E-state index in [1.54, 1.807) is 29.0 Å². The van der Waals surface area contributed by atoms with Crippen molar-refractivity contribution in [2.45, 2.75) is 6.92 Å². The van der Waals surface area contributed by atoms with E-state index in [1.807, 2.05) is 18.2 Å². The van der Waals surface area contributed by atoms with Crippen LogP contribution in [0.5, 0.6) is 0 Å². The molecule has 0 amide bonds. The Bertz CT molecular complexity index is 1020. The molecule has 0 unspecified atom stereocenters. The molecule has 0 radical (unpaired) electrons. The van der Waals surface area contributed by atoms with E-state index in [1.165, 1.54) is 19.1 Å². The molecule has 3 aromatic rings. The summed E-state index contributed by atoms with van der Waals surface area (Å²) in [6, 6.07) is 13.9. The van der Waals surface area contributed by atoms with Gasteiger partial charge in [-0.05, 0) is 36.4 Å². The van der Waals surface area contributed by atoms with Crippen LogP contribution in [0.25, 0.3) is 10.9 Å². The van der Waals surface area contributed by atoms with Crippen molar-refractivity contribution in [2.75, 3.05) is 37.6 Å². The Labute approximate surface area is 163 Å². The van der Waals surface area contributed by atoms with Gasteiger partial charge in [0.2, 0.25) is 5.91 Å². The standard InChI is InChI=1S/C22H22FN3O2/c1-16(27)26-9-8-17-2-3-18(14-21(17)26)22(28)15-24-10-12-25(13-11-24)20-6-4-19(23)5-7-20/h2-9,14H,10-13,15H2,1H3. The van der Waals surface area contributed by atoms with Crippen LogP contribution >= 0.6 is 0 Å². The number of carbonyl (C=O) groups excluding carboxylic acids is 2. The summed E-state index contributed by atoms with van der Waals surface area (Å²) in [5, 5.41) is 0.944. The molecular weight excluding hydrogens is 357 g/mol. The second-order valence-electron chi connectivity index (χ2n) is 7.14. The molecule has 28 heavy (non-hydrogen) atoms. The summed E-state index contributed by atoms with van der Waals surface area (Å²) in [4.78, 5) is 28.8. The number of hydrogen-bond acceptors (Lipinski definition) is 4. The van der Waals surface area contributed by atoms with Crippen molar-refractivity contribution in [2.24, 2.45) is 0 Å². The summed E-state index contributed by atoms with van der Waals surface area (Å²) >= 11 is 0. The number of rotatable bonds is 4. The number of hydrogen-bond donors (Lipinski definition) is 0. The van der Waals surface area contributed by atoms with E-state index in [4.69, 9.17) is 0 Å². The van der Waals surface area contributed by atoms with Crippen LogP contribution in [-0.4, -0.2) is 53.9 Å². The van der Waals surface area contributed by atoms with E-state index in [0.29, 0.717) is 12.1 Å². The van der Waals surface area contributed by atoms with Crippen molar-refractivity contribution in [3.63, 3.8) is 0 Å². The minimum absolute atomic E-state index is 0.0495. The number of ketones is 1. The summed E-state index contributed by atoms with van der Waals surface area (Å²) in [5.74, 6) is -0.259. The fourth-order valence-electron chi connectivity index (χ4n) is 3.69. The van der Waals surface area contributed by atoms with Gasteiger partial charge < -0.3 is 4.90 Å². The normalized spacial score (nSPS) is 15.1. The first kappa shape index (κ1) is 18.4. The molecule has 1 saturated heterocycles. The lowest BCUT2D eigenvalue weighted by Gasteiger charge is -2.35. The highest BCUT2D eigenvalue weighted by molar-refractivity contribution is 6.02. The average Bonchev–Trinajstić information content (AvgIpc) is 3.13. The third-order valence-corrected chi connectivity index (χ3v) is 5.29. The van der Waals surface area contributed by atoms with Gasteiger partial charge in [0.25, 0.3) is 0 Å². The van der Waals surface area contributed by atoms with Gasteiger partial charge in [0, 0.05) is 55.9 Å². The molecule has 0 atom stereocenters. The number of benzene rings is 2. The smallest absolute Gasteiger partial charge is 0.227 e. The monoisotopic (exact) mass is 379 g/mol. The molecule has 0 aliphatic carbocycles. The molecule has 1 fully saturated rings. The van der Waals surface area contributed by atoms with Gasteiger partial charge in [-0.1, -0.05) is 12.1 Å². The van der Waals surface area contributed by atoms with Gasteiger partial charge in [-0.3, -0.25) is 19.1 Å². The van der Waals surface area contributed by atoms with Crippen molar-refractivity contribution >= 4 is 28.3 Å². The first-order valence-electron chi connectivity index (χ1n) is 9.39. The number of halogens is 1. The first-order valence-corrected chi connectivity index (χ1v) is 9.39. The predicted molar refractivity (Wildman–Crippen MR) is 108 cm³/mol. The topological polar surface area (TPSA) is 45.6 Å². The Hall–Kier alpha value is -2.99. The maximum absolute atomic E-state index is 13.1. The SMILES string of the molecule is CC(=O)n1ccc2ccc(C(=O)CN3CCN(c4ccc(F)cc4)CC3)cc21. The summed E-state index contributed by atoms with van der Waals surface area (Å²) in [7, 11) is 0. The van der Waals surface area contributed by atoms with Crippen LogP contribution in [0, 0.1) is 5.82 Å². The maximum atomic E-state index is 13.1. The van der Waals surface area contributed by atoms with E-state index in [-0.39, 0.29) is 17.5 Å². The lowest BCUT2D eigenvalue weighted by Crippen LogP contribution is -2.48. The van der Waals surface area contributed by atoms with E-state index in [0.717, 1.165) is 42.8 Å². The number of anilines is 1. The second-order valence-corrected chi connectivity index (χ2v) is 7.14. The number of piperazine rings is 1. The number of fused-ring (bicyclic) bond motifs is 1. The van der Waals surface area contributed by atoms with Crippen LogP contribution in [0.1, 0.15) is 22.1 Å². The molecular formula is C22H22FN3O2. The Kier molecular flexibility index (Phi) is 4.96. The van der Waals surface area contributed by atoms with Gasteiger partial charge in [-0.15, -0.1) is 0 Å². The van der Waals surface area contributed by atoms with Gasteiger partial charge in [-0.2, -0.15) is 0 Å². The van der Waals surface area contributed by atoms with Crippen molar-refractivity contribution in [3.05, 3.63) is 66.1 Å². The molecule has 2 aromatic carbocycles. The third-order valence-electron chi connectivity index (χ3n) is 5.29. The molecule has 144 valence electrons. The van der Waals surface area contributed by atoms with Crippen molar-refractivity contribution < 1.29 is 14.0 Å². The Morgan fingerprint density at radius 1 is 0.964 bits per heavy atom. The zero-order valence-electron chi connectivity index (χ0n) is 15.8. The van der Waals surface area contributed by atoms with Crippen LogP contribution in [0.2, 0.25) is 0 Å². The summed E-state index contributed by atoms with van der Waals surface area (Å²) in [5.41, 5.74) is 2.39. The fraction of sp³-hybridized carbons (Fsp3) is 0.273. The van der Waals surface area contributed by atoms with Crippen molar-refractivity contribution in [1.82, 2.24) is 9.47 Å². The van der Waals surface area contributed by atoms with Gasteiger partial charge >= 0.3 is 0 Å². The molecule has 0 saturated carbocycles. The summed E-state index contributed by atoms with van der Waals surface area (Å²) < 4.78 is 14.6. The molecule has 1 aliphatic heterocycles. The Morgan fingerprint density at radius 2 is 1.68 bits per heavy atom. The minimum atomic E-state index is -0.235. The maximum Gasteiger partial charge on any atom is 0.227 e.